The Hall–Kier alpha value is -1.86. The maximum atomic E-state index is 12.4. The second-order valence-electron chi connectivity index (χ2n) is 8.19. The number of rotatable bonds is 5. The Balaban J connectivity index is 1.17. The minimum absolute atomic E-state index is 0.00919. The van der Waals surface area contributed by atoms with Gasteiger partial charge in [0.15, 0.2) is 5.76 Å². The van der Waals surface area contributed by atoms with Crippen LogP contribution < -0.4 is 5.32 Å². The molecule has 0 saturated carbocycles. The van der Waals surface area contributed by atoms with Crippen LogP contribution >= 0.6 is 0 Å². The largest absolute Gasteiger partial charge is 0.459 e. The Kier molecular flexibility index (Phi) is 6.32. The molecule has 0 radical (unpaired) electrons. The summed E-state index contributed by atoms with van der Waals surface area (Å²) < 4.78 is 10.8. The lowest BCUT2D eigenvalue weighted by Crippen LogP contribution is -2.50. The van der Waals surface area contributed by atoms with Crippen LogP contribution in [-0.2, 0) is 9.53 Å². The predicted molar refractivity (Wildman–Crippen MR) is 104 cm³/mol. The van der Waals surface area contributed by atoms with Gasteiger partial charge in [-0.25, -0.2) is 0 Å². The molecule has 0 aromatic carbocycles. The van der Waals surface area contributed by atoms with Crippen LogP contribution in [0.2, 0.25) is 0 Å². The van der Waals surface area contributed by atoms with Crippen molar-refractivity contribution in [1.82, 2.24) is 15.1 Å². The highest BCUT2D eigenvalue weighted by Gasteiger charge is 2.32. The molecule has 0 aliphatic carbocycles. The van der Waals surface area contributed by atoms with Gasteiger partial charge >= 0.3 is 0 Å². The number of nitrogens with one attached hydrogen (secondary N) is 1. The van der Waals surface area contributed by atoms with Gasteiger partial charge in [-0.15, -0.1) is 0 Å². The number of furan rings is 1. The Morgan fingerprint density at radius 3 is 2.50 bits per heavy atom. The molecule has 1 N–H and O–H groups in total. The van der Waals surface area contributed by atoms with Crippen molar-refractivity contribution in [1.29, 1.82) is 0 Å². The van der Waals surface area contributed by atoms with E-state index in [2.05, 4.69) is 10.2 Å². The molecule has 154 valence electrons. The number of ether oxygens (including phenoxy) is 1. The number of amides is 2. The summed E-state index contributed by atoms with van der Waals surface area (Å²) in [4.78, 5) is 29.2. The van der Waals surface area contributed by atoms with Gasteiger partial charge in [0.05, 0.1) is 12.4 Å². The van der Waals surface area contributed by atoms with Gasteiger partial charge in [0.25, 0.3) is 5.91 Å². The van der Waals surface area contributed by atoms with E-state index in [4.69, 9.17) is 9.15 Å². The van der Waals surface area contributed by atoms with Gasteiger partial charge in [-0.2, -0.15) is 0 Å². The molecule has 1 atom stereocenters. The average Bonchev–Trinajstić information content (AvgIpc) is 3.46. The smallest absolute Gasteiger partial charge is 0.289 e. The second-order valence-corrected chi connectivity index (χ2v) is 8.19. The summed E-state index contributed by atoms with van der Waals surface area (Å²) in [5, 5.41) is 3.08. The van der Waals surface area contributed by atoms with Gasteiger partial charge in [0.2, 0.25) is 5.91 Å². The summed E-state index contributed by atoms with van der Waals surface area (Å²) in [6, 6.07) is 3.99. The summed E-state index contributed by atoms with van der Waals surface area (Å²) in [5.41, 5.74) is 0. The molecule has 7 heteroatoms. The van der Waals surface area contributed by atoms with Crippen LogP contribution in [0.4, 0.5) is 0 Å². The second kappa shape index (κ2) is 9.09. The third kappa shape index (κ3) is 4.58. The fraction of sp³-hybridized carbons (Fsp3) is 0.714. The van der Waals surface area contributed by atoms with Crippen molar-refractivity contribution < 1.29 is 18.7 Å². The number of hydrogen-bond acceptors (Lipinski definition) is 5. The molecule has 1 aromatic rings. The maximum Gasteiger partial charge on any atom is 0.289 e. The highest BCUT2D eigenvalue weighted by Crippen LogP contribution is 2.25. The lowest BCUT2D eigenvalue weighted by Gasteiger charge is -2.41. The Labute approximate surface area is 166 Å². The molecule has 3 saturated heterocycles. The highest BCUT2D eigenvalue weighted by atomic mass is 16.5. The molecule has 3 fully saturated rings. The Morgan fingerprint density at radius 2 is 1.86 bits per heavy atom. The van der Waals surface area contributed by atoms with Crippen molar-refractivity contribution in [2.24, 2.45) is 5.92 Å². The van der Waals surface area contributed by atoms with Crippen molar-refractivity contribution in [3.05, 3.63) is 24.2 Å². The van der Waals surface area contributed by atoms with Gasteiger partial charge < -0.3 is 24.3 Å². The zero-order chi connectivity index (χ0) is 19.3. The van der Waals surface area contributed by atoms with Crippen molar-refractivity contribution >= 4 is 11.8 Å². The fourth-order valence-corrected chi connectivity index (χ4v) is 4.68. The zero-order valence-corrected chi connectivity index (χ0v) is 16.5. The van der Waals surface area contributed by atoms with Crippen LogP contribution in [-0.4, -0.2) is 73.1 Å². The third-order valence-electron chi connectivity index (χ3n) is 6.43. The molecule has 3 aliphatic heterocycles. The average molecular weight is 389 g/mol. The standard InChI is InChI=1S/C21H31N3O4/c25-20(22-15-18-3-1-13-27-18)16-5-9-23(10-6-16)17-7-11-24(12-8-17)21(26)19-4-2-14-28-19/h2,4,14,16-18H,1,3,5-13,15H2,(H,22,25)/t18-/m1/s1. The maximum absolute atomic E-state index is 12.4. The first kappa shape index (κ1) is 19.5. The molecule has 0 unspecified atom stereocenters. The van der Waals surface area contributed by atoms with Crippen molar-refractivity contribution in [3.8, 4) is 0 Å². The number of carbonyl (C=O) groups is 2. The molecule has 3 aliphatic rings. The molecule has 4 heterocycles. The first-order chi connectivity index (χ1) is 13.7. The Morgan fingerprint density at radius 1 is 1.07 bits per heavy atom. The number of likely N-dealkylation sites (tertiary alicyclic amines) is 2. The molecule has 2 amide bonds. The molecule has 0 spiro atoms. The highest BCUT2D eigenvalue weighted by molar-refractivity contribution is 5.91. The van der Waals surface area contributed by atoms with Crippen molar-refractivity contribution in [2.45, 2.75) is 50.7 Å². The van der Waals surface area contributed by atoms with Gasteiger partial charge in [-0.05, 0) is 63.7 Å². The predicted octanol–water partition coefficient (Wildman–Crippen LogP) is 1.89. The van der Waals surface area contributed by atoms with Gasteiger partial charge in [-0.1, -0.05) is 0 Å². The van der Waals surface area contributed by atoms with Crippen molar-refractivity contribution in [3.63, 3.8) is 0 Å². The van der Waals surface area contributed by atoms with E-state index >= 15 is 0 Å². The number of carbonyl (C=O) groups excluding carboxylic acids is 2. The summed E-state index contributed by atoms with van der Waals surface area (Å²) in [6.07, 6.45) is 7.72. The van der Waals surface area contributed by atoms with Crippen LogP contribution in [0.1, 0.15) is 49.1 Å². The minimum Gasteiger partial charge on any atom is -0.459 e. The molecule has 4 rings (SSSR count). The van der Waals surface area contributed by atoms with Crippen LogP contribution in [0.3, 0.4) is 0 Å². The van der Waals surface area contributed by atoms with Gasteiger partial charge in [0.1, 0.15) is 0 Å². The van der Waals surface area contributed by atoms with E-state index in [1.807, 2.05) is 4.90 Å². The first-order valence-electron chi connectivity index (χ1n) is 10.7. The van der Waals surface area contributed by atoms with E-state index in [-0.39, 0.29) is 23.8 Å². The SMILES string of the molecule is O=C(NC[C@H]1CCCO1)C1CCN(C2CCN(C(=O)c3ccco3)CC2)CC1. The number of hydrogen-bond donors (Lipinski definition) is 1. The van der Waals surface area contributed by atoms with Crippen LogP contribution in [0.5, 0.6) is 0 Å². The van der Waals surface area contributed by atoms with Crippen LogP contribution in [0.15, 0.2) is 22.8 Å². The molecular formula is C21H31N3O4. The topological polar surface area (TPSA) is 75.0 Å². The van der Waals surface area contributed by atoms with Crippen LogP contribution in [0, 0.1) is 5.92 Å². The lowest BCUT2D eigenvalue weighted by molar-refractivity contribution is -0.127. The normalized spacial score (nSPS) is 25.1. The van der Waals surface area contributed by atoms with Gasteiger partial charge in [-0.3, -0.25) is 9.59 Å². The summed E-state index contributed by atoms with van der Waals surface area (Å²) in [6.45, 7) is 4.95. The van der Waals surface area contributed by atoms with Gasteiger partial charge in [0, 0.05) is 38.2 Å². The van der Waals surface area contributed by atoms with Crippen molar-refractivity contribution in [2.75, 3.05) is 39.3 Å². The zero-order valence-electron chi connectivity index (χ0n) is 16.5. The Bertz CT molecular complexity index is 641. The fourth-order valence-electron chi connectivity index (χ4n) is 4.68. The number of nitrogens with zero attached hydrogens (tertiary/aromatic N) is 2. The molecule has 7 nitrogen and oxygen atoms in total. The molecule has 28 heavy (non-hydrogen) atoms. The van der Waals surface area contributed by atoms with E-state index in [0.717, 1.165) is 71.3 Å². The van der Waals surface area contributed by atoms with E-state index in [1.54, 1.807) is 18.4 Å². The van der Waals surface area contributed by atoms with E-state index < -0.39 is 0 Å². The molecule has 0 bridgehead atoms. The summed E-state index contributed by atoms with van der Waals surface area (Å²) >= 11 is 0. The minimum atomic E-state index is -0.00919. The van der Waals surface area contributed by atoms with E-state index in [1.165, 1.54) is 0 Å². The van der Waals surface area contributed by atoms with Crippen LogP contribution in [0.25, 0.3) is 0 Å². The quantitative estimate of drug-likeness (QED) is 0.832. The third-order valence-corrected chi connectivity index (χ3v) is 6.43. The number of piperidine rings is 2. The molecule has 1 aromatic heterocycles. The lowest BCUT2D eigenvalue weighted by atomic mass is 9.92. The van der Waals surface area contributed by atoms with E-state index in [9.17, 15) is 9.59 Å². The summed E-state index contributed by atoms with van der Waals surface area (Å²) in [7, 11) is 0. The first-order valence-corrected chi connectivity index (χ1v) is 10.7. The summed E-state index contributed by atoms with van der Waals surface area (Å²) in [5.74, 6) is 0.727. The van der Waals surface area contributed by atoms with E-state index in [0.29, 0.717) is 18.3 Å². The monoisotopic (exact) mass is 389 g/mol. The molecular weight excluding hydrogens is 358 g/mol.